The van der Waals surface area contributed by atoms with E-state index in [-0.39, 0.29) is 13.1 Å². The molecule has 0 unspecified atom stereocenters. The lowest BCUT2D eigenvalue weighted by Crippen LogP contribution is -2.43. The van der Waals surface area contributed by atoms with Crippen molar-refractivity contribution in [1.29, 1.82) is 0 Å². The fraction of sp³-hybridized carbons (Fsp3) is 0.160. The van der Waals surface area contributed by atoms with Crippen molar-refractivity contribution >= 4 is 34.2 Å². The summed E-state index contributed by atoms with van der Waals surface area (Å²) in [6.07, 6.45) is 0. The van der Waals surface area contributed by atoms with E-state index in [1.807, 2.05) is 37.3 Å². The fourth-order valence-electron chi connectivity index (χ4n) is 3.62. The molecule has 0 aliphatic rings. The third-order valence-corrected chi connectivity index (χ3v) is 5.36. The molecule has 0 aliphatic heterocycles. The maximum Gasteiger partial charge on any atom is 0.317 e. The van der Waals surface area contributed by atoms with Crippen LogP contribution in [0.15, 0.2) is 82.4 Å². The molecule has 1 amide bonds. The van der Waals surface area contributed by atoms with Crippen molar-refractivity contribution in [3.05, 3.63) is 104 Å². The van der Waals surface area contributed by atoms with Crippen molar-refractivity contribution in [3.8, 4) is 5.75 Å². The van der Waals surface area contributed by atoms with Crippen LogP contribution < -0.4 is 21.2 Å². The molecule has 0 saturated carbocycles. The Balaban J connectivity index is 1.69. The maximum absolute atomic E-state index is 13.0. The Hall–Kier alpha value is -3.84. The van der Waals surface area contributed by atoms with Gasteiger partial charge in [-0.25, -0.2) is 0 Å². The van der Waals surface area contributed by atoms with Gasteiger partial charge in [-0.1, -0.05) is 41.9 Å². The molecule has 1 aromatic heterocycles. The highest BCUT2D eigenvalue weighted by molar-refractivity contribution is 6.31. The van der Waals surface area contributed by atoms with Crippen LogP contribution in [0.2, 0.25) is 5.02 Å². The number of amides is 1. The third-order valence-electron chi connectivity index (χ3n) is 5.13. The summed E-state index contributed by atoms with van der Waals surface area (Å²) < 4.78 is 7.96. The van der Waals surface area contributed by atoms with E-state index in [0.29, 0.717) is 34.1 Å². The van der Waals surface area contributed by atoms with Gasteiger partial charge in [0.2, 0.25) is 5.91 Å². The summed E-state index contributed by atoms with van der Waals surface area (Å²) in [6, 6.07) is 21.2. The van der Waals surface area contributed by atoms with Gasteiger partial charge in [-0.2, -0.15) is 0 Å². The van der Waals surface area contributed by atoms with Crippen molar-refractivity contribution in [2.75, 3.05) is 11.9 Å². The van der Waals surface area contributed by atoms with Gasteiger partial charge in [-0.15, -0.1) is 0 Å². The Bertz CT molecular complexity index is 1410. The molecular weight excluding hydrogens is 442 g/mol. The van der Waals surface area contributed by atoms with Crippen LogP contribution in [0.25, 0.3) is 11.0 Å². The molecule has 0 saturated heterocycles. The Morgan fingerprint density at radius 1 is 0.909 bits per heavy atom. The molecule has 168 valence electrons. The standard InChI is InChI=1S/C25H22ClN3O4/c1-2-33-20-11-9-19(10-12-20)27-23(30)16-29-22-14-18(26)8-13-21(22)28(24(31)25(29)32)15-17-6-4-3-5-7-17/h3-14H,2,15-16H2,1H3,(H,27,30). The highest BCUT2D eigenvalue weighted by Gasteiger charge is 2.16. The average molecular weight is 464 g/mol. The molecular formula is C25H22ClN3O4. The van der Waals surface area contributed by atoms with E-state index in [4.69, 9.17) is 16.3 Å². The molecule has 7 nitrogen and oxygen atoms in total. The number of fused-ring (bicyclic) bond motifs is 1. The lowest BCUT2D eigenvalue weighted by atomic mass is 10.2. The zero-order valence-electron chi connectivity index (χ0n) is 18.0. The van der Waals surface area contributed by atoms with E-state index in [1.165, 1.54) is 4.57 Å². The first-order chi connectivity index (χ1) is 16.0. The molecule has 4 aromatic rings. The van der Waals surface area contributed by atoms with Gasteiger partial charge >= 0.3 is 11.1 Å². The molecule has 4 rings (SSSR count). The van der Waals surface area contributed by atoms with Crippen LogP contribution in [0.4, 0.5) is 5.69 Å². The third kappa shape index (κ3) is 4.99. The molecule has 0 bridgehead atoms. The summed E-state index contributed by atoms with van der Waals surface area (Å²) in [5.74, 6) is 0.247. The largest absolute Gasteiger partial charge is 0.494 e. The van der Waals surface area contributed by atoms with Gasteiger partial charge in [-0.3, -0.25) is 23.5 Å². The average Bonchev–Trinajstić information content (AvgIpc) is 2.82. The summed E-state index contributed by atoms with van der Waals surface area (Å²) in [5, 5.41) is 3.14. The Morgan fingerprint density at radius 3 is 2.30 bits per heavy atom. The number of hydrogen-bond donors (Lipinski definition) is 1. The second-order valence-corrected chi connectivity index (χ2v) is 7.84. The van der Waals surface area contributed by atoms with Crippen LogP contribution in [0.5, 0.6) is 5.75 Å². The predicted molar refractivity (Wildman–Crippen MR) is 129 cm³/mol. The predicted octanol–water partition coefficient (Wildman–Crippen LogP) is 3.90. The molecule has 8 heteroatoms. The number of carbonyl (C=O) groups is 1. The normalized spacial score (nSPS) is 10.8. The monoisotopic (exact) mass is 463 g/mol. The second-order valence-electron chi connectivity index (χ2n) is 7.41. The first-order valence-corrected chi connectivity index (χ1v) is 10.8. The number of aromatic nitrogens is 2. The number of rotatable bonds is 7. The van der Waals surface area contributed by atoms with Crippen LogP contribution in [-0.2, 0) is 17.9 Å². The molecule has 0 atom stereocenters. The van der Waals surface area contributed by atoms with Crippen molar-refractivity contribution in [2.45, 2.75) is 20.0 Å². The molecule has 1 heterocycles. The maximum atomic E-state index is 13.0. The number of hydrogen-bond acceptors (Lipinski definition) is 4. The smallest absolute Gasteiger partial charge is 0.317 e. The highest BCUT2D eigenvalue weighted by atomic mass is 35.5. The molecule has 0 spiro atoms. The number of ether oxygens (including phenoxy) is 1. The summed E-state index contributed by atoms with van der Waals surface area (Å²) in [7, 11) is 0. The molecule has 0 radical (unpaired) electrons. The van der Waals surface area contributed by atoms with Crippen molar-refractivity contribution < 1.29 is 9.53 Å². The zero-order chi connectivity index (χ0) is 23.4. The summed E-state index contributed by atoms with van der Waals surface area (Å²) in [4.78, 5) is 38.7. The van der Waals surface area contributed by atoms with E-state index in [9.17, 15) is 14.4 Å². The van der Waals surface area contributed by atoms with E-state index >= 15 is 0 Å². The first-order valence-electron chi connectivity index (χ1n) is 10.5. The van der Waals surface area contributed by atoms with Gasteiger partial charge in [0.15, 0.2) is 0 Å². The minimum atomic E-state index is -0.789. The summed E-state index contributed by atoms with van der Waals surface area (Å²) in [6.45, 7) is 2.33. The van der Waals surface area contributed by atoms with E-state index < -0.39 is 17.0 Å². The Labute approximate surface area is 194 Å². The van der Waals surface area contributed by atoms with Crippen LogP contribution >= 0.6 is 11.6 Å². The van der Waals surface area contributed by atoms with Gasteiger partial charge in [0.05, 0.1) is 24.2 Å². The number of nitrogens with zero attached hydrogens (tertiary/aromatic N) is 2. The van der Waals surface area contributed by atoms with Crippen LogP contribution in [0.3, 0.4) is 0 Å². The number of carbonyl (C=O) groups excluding carboxylic acids is 1. The van der Waals surface area contributed by atoms with Gasteiger partial charge in [-0.05, 0) is 55.0 Å². The second kappa shape index (κ2) is 9.75. The van der Waals surface area contributed by atoms with Crippen molar-refractivity contribution in [2.24, 2.45) is 0 Å². The van der Waals surface area contributed by atoms with Gasteiger partial charge in [0, 0.05) is 10.7 Å². The fourth-order valence-corrected chi connectivity index (χ4v) is 3.78. The first kappa shape index (κ1) is 22.4. The summed E-state index contributed by atoms with van der Waals surface area (Å²) in [5.41, 5.74) is 0.856. The topological polar surface area (TPSA) is 82.3 Å². The molecule has 0 aliphatic carbocycles. The Morgan fingerprint density at radius 2 is 1.61 bits per heavy atom. The van der Waals surface area contributed by atoms with Gasteiger partial charge < -0.3 is 10.1 Å². The minimum absolute atomic E-state index is 0.228. The van der Waals surface area contributed by atoms with E-state index in [2.05, 4.69) is 5.32 Å². The van der Waals surface area contributed by atoms with Crippen LogP contribution in [0, 0.1) is 0 Å². The highest BCUT2D eigenvalue weighted by Crippen LogP contribution is 2.19. The van der Waals surface area contributed by atoms with Crippen LogP contribution in [-0.4, -0.2) is 21.6 Å². The molecule has 33 heavy (non-hydrogen) atoms. The van der Waals surface area contributed by atoms with Crippen molar-refractivity contribution in [3.63, 3.8) is 0 Å². The molecule has 0 fully saturated rings. The zero-order valence-corrected chi connectivity index (χ0v) is 18.7. The van der Waals surface area contributed by atoms with Gasteiger partial charge in [0.25, 0.3) is 0 Å². The van der Waals surface area contributed by atoms with Crippen molar-refractivity contribution in [1.82, 2.24) is 9.13 Å². The molecule has 3 aromatic carbocycles. The SMILES string of the molecule is CCOc1ccc(NC(=O)Cn2c(=O)c(=O)n(Cc3ccccc3)c3ccc(Cl)cc32)cc1. The number of anilines is 1. The number of halogens is 1. The van der Waals surface area contributed by atoms with Gasteiger partial charge in [0.1, 0.15) is 12.3 Å². The number of benzene rings is 3. The quantitative estimate of drug-likeness (QED) is 0.421. The van der Waals surface area contributed by atoms with E-state index in [1.54, 1.807) is 42.5 Å². The molecule has 1 N–H and O–H groups in total. The number of nitrogens with one attached hydrogen (secondary N) is 1. The Kier molecular flexibility index (Phi) is 6.60. The minimum Gasteiger partial charge on any atom is -0.494 e. The lowest BCUT2D eigenvalue weighted by Gasteiger charge is -2.15. The summed E-state index contributed by atoms with van der Waals surface area (Å²) >= 11 is 6.19. The lowest BCUT2D eigenvalue weighted by molar-refractivity contribution is -0.116. The van der Waals surface area contributed by atoms with E-state index in [0.717, 1.165) is 10.1 Å². The van der Waals surface area contributed by atoms with Crippen LogP contribution in [0.1, 0.15) is 12.5 Å².